The van der Waals surface area contributed by atoms with Gasteiger partial charge in [0.15, 0.2) is 5.78 Å². The molecular formula is C22H23N3O2S. The van der Waals surface area contributed by atoms with Crippen molar-refractivity contribution in [2.75, 3.05) is 5.32 Å². The molecule has 0 fully saturated rings. The highest BCUT2D eigenvalue weighted by molar-refractivity contribution is 7.12. The fourth-order valence-corrected chi connectivity index (χ4v) is 5.02. The van der Waals surface area contributed by atoms with Crippen molar-refractivity contribution < 1.29 is 9.59 Å². The van der Waals surface area contributed by atoms with Gasteiger partial charge in [0.2, 0.25) is 5.91 Å². The number of hydrogen-bond acceptors (Lipinski definition) is 4. The van der Waals surface area contributed by atoms with Gasteiger partial charge in [0, 0.05) is 27.3 Å². The fraction of sp³-hybridized carbons (Fsp3) is 0.318. The number of anilines is 1. The first kappa shape index (κ1) is 18.6. The summed E-state index contributed by atoms with van der Waals surface area (Å²) < 4.78 is 1.76. The van der Waals surface area contributed by atoms with Crippen LogP contribution < -0.4 is 5.32 Å². The van der Waals surface area contributed by atoms with Gasteiger partial charge in [-0.1, -0.05) is 6.07 Å². The van der Waals surface area contributed by atoms with Crippen molar-refractivity contribution in [3.8, 4) is 5.69 Å². The second-order valence-corrected chi connectivity index (χ2v) is 9.06. The number of nitrogens with zero attached hydrogens (tertiary/aromatic N) is 2. The number of aromatic nitrogens is 2. The molecule has 28 heavy (non-hydrogen) atoms. The molecule has 4 rings (SSSR count). The SMILES string of the molecule is Cc1cc(C)cc(-n2nc(C)c3c2NC(=O)C[C@H]3C(=O)c2cc(C)sc2C)c1. The minimum atomic E-state index is -0.504. The number of nitrogens with one attached hydrogen (secondary N) is 1. The summed E-state index contributed by atoms with van der Waals surface area (Å²) >= 11 is 1.61. The van der Waals surface area contributed by atoms with E-state index in [1.165, 1.54) is 0 Å². The molecule has 2 aromatic heterocycles. The zero-order valence-corrected chi connectivity index (χ0v) is 17.5. The maximum atomic E-state index is 13.3. The largest absolute Gasteiger partial charge is 0.310 e. The summed E-state index contributed by atoms with van der Waals surface area (Å²) in [5.74, 6) is -0.0418. The van der Waals surface area contributed by atoms with Gasteiger partial charge in [-0.3, -0.25) is 9.59 Å². The zero-order chi connectivity index (χ0) is 20.2. The lowest BCUT2D eigenvalue weighted by atomic mass is 9.85. The molecule has 1 amide bonds. The molecule has 0 saturated heterocycles. The molecule has 0 spiro atoms. The van der Waals surface area contributed by atoms with Crippen LogP contribution in [0.1, 0.15) is 54.8 Å². The minimum Gasteiger partial charge on any atom is -0.310 e. The van der Waals surface area contributed by atoms with Crippen LogP contribution in [0.3, 0.4) is 0 Å². The molecule has 6 heteroatoms. The lowest BCUT2D eigenvalue weighted by Gasteiger charge is -2.23. The molecule has 1 aliphatic rings. The van der Waals surface area contributed by atoms with E-state index in [0.717, 1.165) is 37.8 Å². The van der Waals surface area contributed by atoms with Crippen LogP contribution in [0.25, 0.3) is 5.69 Å². The summed E-state index contributed by atoms with van der Waals surface area (Å²) in [7, 11) is 0. The highest BCUT2D eigenvalue weighted by Gasteiger charge is 2.37. The third kappa shape index (κ3) is 3.07. The van der Waals surface area contributed by atoms with Crippen LogP contribution in [0.15, 0.2) is 24.3 Å². The molecule has 0 saturated carbocycles. The summed E-state index contributed by atoms with van der Waals surface area (Å²) in [4.78, 5) is 27.9. The van der Waals surface area contributed by atoms with Crippen LogP contribution >= 0.6 is 11.3 Å². The van der Waals surface area contributed by atoms with Crippen molar-refractivity contribution in [3.05, 3.63) is 62.0 Å². The van der Waals surface area contributed by atoms with E-state index < -0.39 is 5.92 Å². The van der Waals surface area contributed by atoms with Gasteiger partial charge >= 0.3 is 0 Å². The van der Waals surface area contributed by atoms with Gasteiger partial charge in [0.1, 0.15) is 5.82 Å². The molecule has 5 nitrogen and oxygen atoms in total. The van der Waals surface area contributed by atoms with Crippen molar-refractivity contribution >= 4 is 28.8 Å². The Morgan fingerprint density at radius 3 is 2.39 bits per heavy atom. The zero-order valence-electron chi connectivity index (χ0n) is 16.7. The number of fused-ring (bicyclic) bond motifs is 1. The number of thiophene rings is 1. The molecule has 3 heterocycles. The summed E-state index contributed by atoms with van der Waals surface area (Å²) in [5.41, 5.74) is 5.45. The number of carbonyl (C=O) groups excluding carboxylic acids is 2. The normalized spacial score (nSPS) is 16.0. The lowest BCUT2D eigenvalue weighted by molar-refractivity contribution is -0.116. The molecule has 0 radical (unpaired) electrons. The Balaban J connectivity index is 1.85. The van der Waals surface area contributed by atoms with Gasteiger partial charge < -0.3 is 5.32 Å². The Labute approximate surface area is 168 Å². The average molecular weight is 394 g/mol. The summed E-state index contributed by atoms with van der Waals surface area (Å²) in [6, 6.07) is 8.09. The van der Waals surface area contributed by atoms with Crippen molar-refractivity contribution in [1.82, 2.24) is 9.78 Å². The fourth-order valence-electron chi connectivity index (χ4n) is 4.09. The van der Waals surface area contributed by atoms with E-state index in [1.807, 2.05) is 52.8 Å². The smallest absolute Gasteiger partial charge is 0.226 e. The van der Waals surface area contributed by atoms with E-state index in [2.05, 4.69) is 16.5 Å². The van der Waals surface area contributed by atoms with Crippen LogP contribution in [-0.2, 0) is 4.79 Å². The first-order chi connectivity index (χ1) is 13.2. The number of rotatable bonds is 3. The highest BCUT2D eigenvalue weighted by Crippen LogP contribution is 2.39. The summed E-state index contributed by atoms with van der Waals surface area (Å²) in [5, 5.41) is 7.64. The van der Waals surface area contributed by atoms with Gasteiger partial charge in [0.25, 0.3) is 0 Å². The molecule has 0 unspecified atom stereocenters. The molecule has 144 valence electrons. The van der Waals surface area contributed by atoms with E-state index in [9.17, 15) is 9.59 Å². The van der Waals surface area contributed by atoms with Crippen LogP contribution in [-0.4, -0.2) is 21.5 Å². The topological polar surface area (TPSA) is 64.0 Å². The van der Waals surface area contributed by atoms with Crippen LogP contribution in [0.4, 0.5) is 5.82 Å². The molecule has 1 aliphatic heterocycles. The quantitative estimate of drug-likeness (QED) is 0.651. The summed E-state index contributed by atoms with van der Waals surface area (Å²) in [6.07, 6.45) is 0.152. The molecular weight excluding hydrogens is 370 g/mol. The number of carbonyl (C=O) groups is 2. The van der Waals surface area contributed by atoms with E-state index in [0.29, 0.717) is 11.4 Å². The summed E-state index contributed by atoms with van der Waals surface area (Å²) in [6.45, 7) is 9.93. The first-order valence-electron chi connectivity index (χ1n) is 9.34. The predicted molar refractivity (Wildman–Crippen MR) is 112 cm³/mol. The second-order valence-electron chi connectivity index (χ2n) is 7.60. The molecule has 1 atom stereocenters. The van der Waals surface area contributed by atoms with Crippen LogP contribution in [0.2, 0.25) is 0 Å². The Morgan fingerprint density at radius 1 is 1.11 bits per heavy atom. The first-order valence-corrected chi connectivity index (χ1v) is 10.2. The Morgan fingerprint density at radius 2 is 1.79 bits per heavy atom. The van der Waals surface area contributed by atoms with Crippen molar-refractivity contribution in [2.24, 2.45) is 0 Å². The van der Waals surface area contributed by atoms with Crippen LogP contribution in [0.5, 0.6) is 0 Å². The predicted octanol–water partition coefficient (Wildman–Crippen LogP) is 4.78. The lowest BCUT2D eigenvalue weighted by Crippen LogP contribution is -2.28. The van der Waals surface area contributed by atoms with Crippen molar-refractivity contribution in [1.29, 1.82) is 0 Å². The number of amides is 1. The van der Waals surface area contributed by atoms with Gasteiger partial charge in [-0.15, -0.1) is 11.3 Å². The number of hydrogen-bond donors (Lipinski definition) is 1. The van der Waals surface area contributed by atoms with Gasteiger partial charge in [-0.05, 0) is 63.9 Å². The molecule has 1 N–H and O–H groups in total. The number of ketones is 1. The maximum Gasteiger partial charge on any atom is 0.226 e. The van der Waals surface area contributed by atoms with E-state index in [-0.39, 0.29) is 18.1 Å². The molecule has 1 aromatic carbocycles. The Hall–Kier alpha value is -2.73. The minimum absolute atomic E-state index is 0.000947. The third-order valence-corrected chi connectivity index (χ3v) is 6.14. The van der Waals surface area contributed by atoms with Crippen molar-refractivity contribution in [3.63, 3.8) is 0 Å². The standard InChI is InChI=1S/C22H23N3O2S/c1-11-6-12(2)8-16(7-11)25-22-20(14(4)24-25)18(10-19(26)23-22)21(27)17-9-13(3)28-15(17)5/h6-9,18H,10H2,1-5H3,(H,23,26)/t18-/m1/s1. The van der Waals surface area contributed by atoms with Crippen molar-refractivity contribution in [2.45, 2.75) is 47.0 Å². The molecule has 3 aromatic rings. The molecule has 0 bridgehead atoms. The number of benzene rings is 1. The van der Waals surface area contributed by atoms with Gasteiger partial charge in [-0.2, -0.15) is 5.10 Å². The maximum absolute atomic E-state index is 13.3. The second kappa shape index (κ2) is 6.71. The van der Waals surface area contributed by atoms with Crippen LogP contribution in [0, 0.1) is 34.6 Å². The monoisotopic (exact) mass is 393 g/mol. The highest BCUT2D eigenvalue weighted by atomic mass is 32.1. The van der Waals surface area contributed by atoms with E-state index in [1.54, 1.807) is 16.0 Å². The number of aryl methyl sites for hydroxylation is 5. The van der Waals surface area contributed by atoms with E-state index in [4.69, 9.17) is 0 Å². The molecule has 0 aliphatic carbocycles. The van der Waals surface area contributed by atoms with Gasteiger partial charge in [-0.25, -0.2) is 4.68 Å². The third-order valence-electron chi connectivity index (χ3n) is 5.18. The number of Topliss-reactive ketones (excluding diaryl/α,β-unsaturated/α-hetero) is 1. The Kier molecular flexibility index (Phi) is 4.46. The van der Waals surface area contributed by atoms with Gasteiger partial charge in [0.05, 0.1) is 17.3 Å². The average Bonchev–Trinajstić information content (AvgIpc) is 3.11. The Bertz CT molecular complexity index is 1100. The van der Waals surface area contributed by atoms with E-state index >= 15 is 0 Å².